The van der Waals surface area contributed by atoms with Gasteiger partial charge in [0.05, 0.1) is 16.7 Å². The van der Waals surface area contributed by atoms with E-state index in [1.165, 1.54) is 17.5 Å². The largest absolute Gasteiger partial charge is 0.328 e. The fourth-order valence-corrected chi connectivity index (χ4v) is 2.62. The number of aryl methyl sites for hydroxylation is 2. The number of hydrogen-bond donors (Lipinski definition) is 1. The number of aromatic amines is 1. The number of aromatic nitrogens is 3. The van der Waals surface area contributed by atoms with E-state index >= 15 is 0 Å². The highest BCUT2D eigenvalue weighted by Crippen LogP contribution is 2.16. The predicted octanol–water partition coefficient (Wildman–Crippen LogP) is 1.42. The first kappa shape index (κ1) is 12.3. The van der Waals surface area contributed by atoms with E-state index in [2.05, 4.69) is 25.9 Å². The number of nitrogens with zero attached hydrogens (tertiary/aromatic N) is 2. The van der Waals surface area contributed by atoms with Crippen molar-refractivity contribution >= 4 is 27.3 Å². The average molecular weight is 316 g/mol. The summed E-state index contributed by atoms with van der Waals surface area (Å²) in [6.45, 7) is 4.07. The van der Waals surface area contributed by atoms with Crippen LogP contribution in [-0.4, -0.2) is 14.5 Å². The summed E-state index contributed by atoms with van der Waals surface area (Å²) in [5.74, 6) is 0. The van der Waals surface area contributed by atoms with Crippen molar-refractivity contribution in [2.75, 3.05) is 0 Å². The molecule has 2 heterocycles. The van der Waals surface area contributed by atoms with Gasteiger partial charge in [-0.1, -0.05) is 0 Å². The number of rotatable bonds is 2. The Morgan fingerprint density at radius 2 is 2.18 bits per heavy atom. The van der Waals surface area contributed by atoms with Gasteiger partial charge in [-0.2, -0.15) is 0 Å². The lowest BCUT2D eigenvalue weighted by Gasteiger charge is -2.01. The minimum absolute atomic E-state index is 0.201. The average Bonchev–Trinajstić information content (AvgIpc) is 2.59. The first-order valence-electron chi connectivity index (χ1n) is 4.90. The SMILES string of the molecule is Cc1nc(Cn2c(=O)[nH]cc(Br)c2=O)sc1C. The van der Waals surface area contributed by atoms with E-state index in [9.17, 15) is 9.59 Å². The molecule has 0 aliphatic rings. The van der Waals surface area contributed by atoms with Gasteiger partial charge in [0.15, 0.2) is 0 Å². The van der Waals surface area contributed by atoms with Crippen LogP contribution in [0.25, 0.3) is 0 Å². The predicted molar refractivity (Wildman–Crippen MR) is 69.7 cm³/mol. The first-order chi connectivity index (χ1) is 7.99. The lowest BCUT2D eigenvalue weighted by molar-refractivity contribution is 0.689. The van der Waals surface area contributed by atoms with E-state index in [4.69, 9.17) is 0 Å². The van der Waals surface area contributed by atoms with Crippen LogP contribution < -0.4 is 11.2 Å². The van der Waals surface area contributed by atoms with Gasteiger partial charge in [0.25, 0.3) is 5.56 Å². The minimum Gasteiger partial charge on any atom is -0.313 e. The second-order valence-electron chi connectivity index (χ2n) is 3.58. The van der Waals surface area contributed by atoms with Gasteiger partial charge in [0.1, 0.15) is 5.01 Å². The summed E-state index contributed by atoms with van der Waals surface area (Å²) in [5, 5.41) is 0.755. The van der Waals surface area contributed by atoms with Crippen LogP contribution in [0, 0.1) is 13.8 Å². The molecule has 0 spiro atoms. The molecule has 0 radical (unpaired) electrons. The summed E-state index contributed by atoms with van der Waals surface area (Å²) in [4.78, 5) is 31.2. The highest BCUT2D eigenvalue weighted by Gasteiger charge is 2.09. The Labute approximate surface area is 109 Å². The number of halogens is 1. The van der Waals surface area contributed by atoms with E-state index in [1.54, 1.807) is 0 Å². The van der Waals surface area contributed by atoms with Crippen LogP contribution >= 0.6 is 27.3 Å². The van der Waals surface area contributed by atoms with Crippen molar-refractivity contribution in [1.29, 1.82) is 0 Å². The molecule has 90 valence electrons. The molecule has 0 fully saturated rings. The van der Waals surface area contributed by atoms with Crippen LogP contribution in [0.15, 0.2) is 20.3 Å². The van der Waals surface area contributed by atoms with Gasteiger partial charge in [-0.05, 0) is 29.8 Å². The van der Waals surface area contributed by atoms with Crippen LogP contribution in [0.4, 0.5) is 0 Å². The standard InChI is InChI=1S/C10H10BrN3O2S/c1-5-6(2)17-8(13-5)4-14-9(15)7(11)3-12-10(14)16/h3H,4H2,1-2H3,(H,12,16). The fraction of sp³-hybridized carbons (Fsp3) is 0.300. The second kappa shape index (κ2) is 4.58. The number of nitrogens with one attached hydrogen (secondary N) is 1. The third-order valence-corrected chi connectivity index (χ3v) is 4.01. The maximum atomic E-state index is 11.8. The summed E-state index contributed by atoms with van der Waals surface area (Å²) in [5.41, 5.74) is 0.160. The summed E-state index contributed by atoms with van der Waals surface area (Å²) in [6, 6.07) is 0. The minimum atomic E-state index is -0.427. The maximum absolute atomic E-state index is 11.8. The van der Waals surface area contributed by atoms with Crippen LogP contribution in [0.1, 0.15) is 15.6 Å². The van der Waals surface area contributed by atoms with Gasteiger partial charge >= 0.3 is 5.69 Å². The zero-order chi connectivity index (χ0) is 12.6. The molecule has 0 saturated heterocycles. The van der Waals surface area contributed by atoms with E-state index in [1.807, 2.05) is 13.8 Å². The Bertz CT molecular complexity index is 651. The van der Waals surface area contributed by atoms with Crippen LogP contribution in [-0.2, 0) is 6.54 Å². The quantitative estimate of drug-likeness (QED) is 0.911. The zero-order valence-electron chi connectivity index (χ0n) is 9.28. The first-order valence-corrected chi connectivity index (χ1v) is 6.51. The molecule has 0 saturated carbocycles. The highest BCUT2D eigenvalue weighted by atomic mass is 79.9. The molecule has 0 bridgehead atoms. The van der Waals surface area contributed by atoms with Crippen molar-refractivity contribution in [3.05, 3.63) is 47.1 Å². The Morgan fingerprint density at radius 1 is 1.47 bits per heavy atom. The Balaban J connectivity index is 2.46. The maximum Gasteiger partial charge on any atom is 0.328 e. The molecule has 1 N–H and O–H groups in total. The van der Waals surface area contributed by atoms with Crippen molar-refractivity contribution < 1.29 is 0 Å². The monoisotopic (exact) mass is 315 g/mol. The van der Waals surface area contributed by atoms with E-state index in [0.717, 1.165) is 20.1 Å². The fourth-order valence-electron chi connectivity index (χ4n) is 1.37. The third kappa shape index (κ3) is 2.39. The molecular weight excluding hydrogens is 306 g/mol. The van der Waals surface area contributed by atoms with Crippen molar-refractivity contribution in [2.24, 2.45) is 0 Å². The van der Waals surface area contributed by atoms with Crippen molar-refractivity contribution in [2.45, 2.75) is 20.4 Å². The van der Waals surface area contributed by atoms with Crippen LogP contribution in [0.2, 0.25) is 0 Å². The topological polar surface area (TPSA) is 67.8 Å². The summed E-state index contributed by atoms with van der Waals surface area (Å²) >= 11 is 4.59. The van der Waals surface area contributed by atoms with Crippen molar-refractivity contribution in [3.63, 3.8) is 0 Å². The molecule has 0 unspecified atom stereocenters. The Morgan fingerprint density at radius 3 is 2.76 bits per heavy atom. The second-order valence-corrected chi connectivity index (χ2v) is 5.72. The van der Waals surface area contributed by atoms with Gasteiger partial charge in [-0.3, -0.25) is 9.36 Å². The molecule has 17 heavy (non-hydrogen) atoms. The van der Waals surface area contributed by atoms with Gasteiger partial charge < -0.3 is 4.98 Å². The molecule has 2 aromatic heterocycles. The number of thiazole rings is 1. The molecule has 2 aromatic rings. The number of hydrogen-bond acceptors (Lipinski definition) is 4. The molecule has 5 nitrogen and oxygen atoms in total. The van der Waals surface area contributed by atoms with E-state index < -0.39 is 5.69 Å². The molecule has 7 heteroatoms. The summed E-state index contributed by atoms with van der Waals surface area (Å²) < 4.78 is 1.46. The highest BCUT2D eigenvalue weighted by molar-refractivity contribution is 9.10. The molecule has 0 amide bonds. The van der Waals surface area contributed by atoms with Crippen LogP contribution in [0.5, 0.6) is 0 Å². The zero-order valence-corrected chi connectivity index (χ0v) is 11.7. The summed E-state index contributed by atoms with van der Waals surface area (Å²) in [6.07, 6.45) is 1.35. The lowest BCUT2D eigenvalue weighted by atomic mass is 10.4. The smallest absolute Gasteiger partial charge is 0.313 e. The molecule has 0 aromatic carbocycles. The van der Waals surface area contributed by atoms with Gasteiger partial charge in [-0.15, -0.1) is 11.3 Å². The Hall–Kier alpha value is -1.21. The van der Waals surface area contributed by atoms with E-state index in [0.29, 0.717) is 4.47 Å². The molecule has 0 aliphatic carbocycles. The van der Waals surface area contributed by atoms with Crippen LogP contribution in [0.3, 0.4) is 0 Å². The van der Waals surface area contributed by atoms with Gasteiger partial charge in [0.2, 0.25) is 0 Å². The van der Waals surface area contributed by atoms with Crippen molar-refractivity contribution in [1.82, 2.24) is 14.5 Å². The van der Waals surface area contributed by atoms with Gasteiger partial charge in [0, 0.05) is 11.1 Å². The normalized spacial score (nSPS) is 10.8. The molecule has 0 aliphatic heterocycles. The number of H-pyrrole nitrogens is 1. The molecular formula is C10H10BrN3O2S. The van der Waals surface area contributed by atoms with Gasteiger partial charge in [-0.25, -0.2) is 9.78 Å². The Kier molecular flexibility index (Phi) is 3.30. The molecule has 0 atom stereocenters. The molecule has 2 rings (SSSR count). The summed E-state index contributed by atoms with van der Waals surface area (Å²) in [7, 11) is 0. The van der Waals surface area contributed by atoms with Crippen molar-refractivity contribution in [3.8, 4) is 0 Å². The van der Waals surface area contributed by atoms with E-state index in [-0.39, 0.29) is 12.1 Å². The lowest BCUT2D eigenvalue weighted by Crippen LogP contribution is -2.35. The third-order valence-electron chi connectivity index (χ3n) is 2.38.